The summed E-state index contributed by atoms with van der Waals surface area (Å²) in [6, 6.07) is 13.5. The molecule has 8 heteroatoms. The van der Waals surface area contributed by atoms with Gasteiger partial charge in [-0.15, -0.1) is 0 Å². The number of ether oxygens (including phenoxy) is 1. The molecule has 0 radical (unpaired) electrons. The molecular formula is C26H29FN4O3. The van der Waals surface area contributed by atoms with Crippen LogP contribution >= 0.6 is 0 Å². The molecule has 1 aromatic heterocycles. The Balaban J connectivity index is 1.73. The average Bonchev–Trinajstić information content (AvgIpc) is 3.33. The van der Waals surface area contributed by atoms with Gasteiger partial charge in [0.15, 0.2) is 0 Å². The van der Waals surface area contributed by atoms with Crippen LogP contribution in [0.5, 0.6) is 0 Å². The van der Waals surface area contributed by atoms with Gasteiger partial charge in [-0.25, -0.2) is 9.18 Å². The van der Waals surface area contributed by atoms with E-state index >= 15 is 0 Å². The van der Waals surface area contributed by atoms with Crippen molar-refractivity contribution >= 4 is 11.6 Å². The molecule has 7 nitrogen and oxygen atoms in total. The van der Waals surface area contributed by atoms with Crippen LogP contribution in [0.4, 0.5) is 9.18 Å². The number of amides is 2. The zero-order valence-corrected chi connectivity index (χ0v) is 19.7. The highest BCUT2D eigenvalue weighted by Gasteiger charge is 2.35. The topological polar surface area (TPSA) is 80.5 Å². The van der Waals surface area contributed by atoms with E-state index in [9.17, 15) is 9.18 Å². The summed E-state index contributed by atoms with van der Waals surface area (Å²) < 4.78 is 24.8. The molecule has 0 bridgehead atoms. The van der Waals surface area contributed by atoms with Gasteiger partial charge in [-0.3, -0.25) is 4.90 Å². The third-order valence-corrected chi connectivity index (χ3v) is 5.93. The molecule has 0 saturated heterocycles. The van der Waals surface area contributed by atoms with E-state index in [4.69, 9.17) is 9.26 Å². The lowest BCUT2D eigenvalue weighted by Gasteiger charge is -2.35. The van der Waals surface area contributed by atoms with Crippen LogP contribution in [-0.2, 0) is 11.2 Å². The van der Waals surface area contributed by atoms with Crippen LogP contribution in [0.15, 0.2) is 58.8 Å². The molecule has 1 aliphatic heterocycles. The summed E-state index contributed by atoms with van der Waals surface area (Å²) in [5, 5.41) is 7.18. The van der Waals surface area contributed by atoms with Gasteiger partial charge in [-0.05, 0) is 49.9 Å². The first kappa shape index (κ1) is 23.6. The van der Waals surface area contributed by atoms with Crippen molar-refractivity contribution in [2.24, 2.45) is 0 Å². The molecule has 2 heterocycles. The Morgan fingerprint density at radius 3 is 2.68 bits per heavy atom. The number of rotatable bonds is 9. The molecule has 1 atom stereocenters. The highest BCUT2D eigenvalue weighted by atomic mass is 19.1. The van der Waals surface area contributed by atoms with Gasteiger partial charge in [-0.1, -0.05) is 48.5 Å². The van der Waals surface area contributed by atoms with Gasteiger partial charge in [-0.2, -0.15) is 4.98 Å². The van der Waals surface area contributed by atoms with Crippen molar-refractivity contribution in [2.45, 2.75) is 39.7 Å². The SMILES string of the molecule is CCOCCCN1C(=O)NC(c2ccc(CC)cc2)C(c2nc(-c3cccc(F)c3)no2)=C1C. The Bertz CT molecular complexity index is 1170. The van der Waals surface area contributed by atoms with Crippen molar-refractivity contribution < 1.29 is 18.4 Å². The predicted molar refractivity (Wildman–Crippen MR) is 127 cm³/mol. The van der Waals surface area contributed by atoms with E-state index in [1.807, 2.05) is 26.0 Å². The Kier molecular flexibility index (Phi) is 7.37. The Labute approximate surface area is 198 Å². The van der Waals surface area contributed by atoms with Crippen LogP contribution < -0.4 is 5.32 Å². The summed E-state index contributed by atoms with van der Waals surface area (Å²) in [7, 11) is 0. The smallest absolute Gasteiger partial charge is 0.322 e. The van der Waals surface area contributed by atoms with Gasteiger partial charge in [0.25, 0.3) is 5.89 Å². The molecule has 0 saturated carbocycles. The number of halogens is 1. The third-order valence-electron chi connectivity index (χ3n) is 5.93. The molecular weight excluding hydrogens is 435 g/mol. The quantitative estimate of drug-likeness (QED) is 0.431. The first-order valence-electron chi connectivity index (χ1n) is 11.6. The van der Waals surface area contributed by atoms with Crippen LogP contribution in [0.25, 0.3) is 17.0 Å². The second kappa shape index (κ2) is 10.6. The highest BCUT2D eigenvalue weighted by molar-refractivity contribution is 5.86. The van der Waals surface area contributed by atoms with E-state index in [2.05, 4.69) is 34.5 Å². The van der Waals surface area contributed by atoms with Crippen molar-refractivity contribution in [1.29, 1.82) is 0 Å². The average molecular weight is 465 g/mol. The molecule has 34 heavy (non-hydrogen) atoms. The highest BCUT2D eigenvalue weighted by Crippen LogP contribution is 2.37. The number of aryl methyl sites for hydroxylation is 1. The molecule has 1 N–H and O–H groups in total. The second-order valence-electron chi connectivity index (χ2n) is 8.11. The van der Waals surface area contributed by atoms with E-state index in [0.29, 0.717) is 31.7 Å². The van der Waals surface area contributed by atoms with Crippen molar-refractivity contribution in [3.05, 3.63) is 77.1 Å². The van der Waals surface area contributed by atoms with Gasteiger partial charge in [0.05, 0.1) is 11.6 Å². The fraction of sp³-hybridized carbons (Fsp3) is 0.346. The van der Waals surface area contributed by atoms with Gasteiger partial charge >= 0.3 is 6.03 Å². The number of hydrogen-bond acceptors (Lipinski definition) is 5. The van der Waals surface area contributed by atoms with E-state index in [1.165, 1.54) is 17.7 Å². The van der Waals surface area contributed by atoms with Gasteiger partial charge in [0.1, 0.15) is 5.82 Å². The lowest BCUT2D eigenvalue weighted by Crippen LogP contribution is -2.46. The molecule has 3 aromatic rings. The largest absolute Gasteiger partial charge is 0.382 e. The standard InChI is InChI=1S/C26H29FN4O3/c1-4-18-10-12-19(13-11-18)23-22(17(3)31(26(32)28-23)14-7-15-33-5-2)25-29-24(30-34-25)20-8-6-9-21(27)16-20/h6,8-13,16,23H,4-5,7,14-15H2,1-3H3,(H,28,32). The molecule has 2 aromatic carbocycles. The minimum atomic E-state index is -0.456. The molecule has 4 rings (SSSR count). The summed E-state index contributed by atoms with van der Waals surface area (Å²) in [4.78, 5) is 19.3. The summed E-state index contributed by atoms with van der Waals surface area (Å²) in [6.45, 7) is 7.61. The summed E-state index contributed by atoms with van der Waals surface area (Å²) in [6.07, 6.45) is 1.62. The fourth-order valence-corrected chi connectivity index (χ4v) is 4.07. The number of aromatic nitrogens is 2. The minimum Gasteiger partial charge on any atom is -0.382 e. The zero-order valence-electron chi connectivity index (χ0n) is 19.7. The van der Waals surface area contributed by atoms with Gasteiger partial charge in [0, 0.05) is 31.0 Å². The molecule has 0 spiro atoms. The molecule has 1 unspecified atom stereocenters. The van der Waals surface area contributed by atoms with E-state index in [1.54, 1.807) is 17.0 Å². The van der Waals surface area contributed by atoms with E-state index in [-0.39, 0.29) is 23.6 Å². The number of urea groups is 1. The minimum absolute atomic E-state index is 0.188. The number of nitrogens with one attached hydrogen (secondary N) is 1. The lowest BCUT2D eigenvalue weighted by atomic mass is 9.93. The molecule has 178 valence electrons. The normalized spacial score (nSPS) is 16.2. The number of hydrogen-bond donors (Lipinski definition) is 1. The Hall–Kier alpha value is -3.52. The Morgan fingerprint density at radius 2 is 1.97 bits per heavy atom. The molecule has 0 fully saturated rings. The summed E-state index contributed by atoms with van der Waals surface area (Å²) in [5.74, 6) is 0.198. The number of nitrogens with zero attached hydrogens (tertiary/aromatic N) is 3. The van der Waals surface area contributed by atoms with Crippen molar-refractivity contribution in [3.63, 3.8) is 0 Å². The van der Waals surface area contributed by atoms with Gasteiger partial charge in [0.2, 0.25) is 5.82 Å². The van der Waals surface area contributed by atoms with Crippen LogP contribution in [-0.4, -0.2) is 40.8 Å². The molecule has 2 amide bonds. The number of carbonyl (C=O) groups excluding carboxylic acids is 1. The monoisotopic (exact) mass is 464 g/mol. The first-order chi connectivity index (χ1) is 16.5. The molecule has 1 aliphatic rings. The van der Waals surface area contributed by atoms with Crippen molar-refractivity contribution in [2.75, 3.05) is 19.8 Å². The van der Waals surface area contributed by atoms with Crippen molar-refractivity contribution in [3.8, 4) is 11.4 Å². The van der Waals surface area contributed by atoms with Crippen LogP contribution in [0, 0.1) is 5.82 Å². The number of allylic oxidation sites excluding steroid dienone is 1. The van der Waals surface area contributed by atoms with Crippen LogP contribution in [0.2, 0.25) is 0 Å². The van der Waals surface area contributed by atoms with E-state index < -0.39 is 6.04 Å². The third kappa shape index (κ3) is 5.02. The predicted octanol–water partition coefficient (Wildman–Crippen LogP) is 5.36. The fourth-order valence-electron chi connectivity index (χ4n) is 4.07. The van der Waals surface area contributed by atoms with Crippen molar-refractivity contribution in [1.82, 2.24) is 20.4 Å². The maximum atomic E-state index is 13.7. The Morgan fingerprint density at radius 1 is 1.18 bits per heavy atom. The lowest BCUT2D eigenvalue weighted by molar-refractivity contribution is 0.136. The van der Waals surface area contributed by atoms with Crippen LogP contribution in [0.3, 0.4) is 0 Å². The zero-order chi connectivity index (χ0) is 24.1. The summed E-state index contributed by atoms with van der Waals surface area (Å²) in [5.41, 5.74) is 4.09. The maximum Gasteiger partial charge on any atom is 0.322 e. The second-order valence-corrected chi connectivity index (χ2v) is 8.11. The summed E-state index contributed by atoms with van der Waals surface area (Å²) >= 11 is 0. The van der Waals surface area contributed by atoms with Crippen LogP contribution in [0.1, 0.15) is 50.3 Å². The van der Waals surface area contributed by atoms with Gasteiger partial charge < -0.3 is 14.6 Å². The number of benzene rings is 2. The molecule has 0 aliphatic carbocycles. The van der Waals surface area contributed by atoms with E-state index in [0.717, 1.165) is 23.3 Å². The maximum absolute atomic E-state index is 13.7. The number of carbonyl (C=O) groups is 1. The first-order valence-corrected chi connectivity index (χ1v) is 11.6.